The summed E-state index contributed by atoms with van der Waals surface area (Å²) in [6, 6.07) is 0. The summed E-state index contributed by atoms with van der Waals surface area (Å²) >= 11 is 0. The zero-order chi connectivity index (χ0) is 22.9. The molecule has 0 aliphatic carbocycles. The van der Waals surface area contributed by atoms with E-state index in [4.69, 9.17) is 9.47 Å². The van der Waals surface area contributed by atoms with E-state index in [2.05, 4.69) is 0 Å². The van der Waals surface area contributed by atoms with E-state index in [1.54, 1.807) is 44.4 Å². The van der Waals surface area contributed by atoms with Crippen LogP contribution in [0.3, 0.4) is 0 Å². The van der Waals surface area contributed by atoms with Crippen molar-refractivity contribution in [2.75, 3.05) is 7.11 Å². The molecule has 5 atom stereocenters. The lowest BCUT2D eigenvalue weighted by atomic mass is 10.0. The lowest BCUT2D eigenvalue weighted by molar-refractivity contribution is -0.144. The predicted octanol–water partition coefficient (Wildman–Crippen LogP) is 3.32. The Labute approximate surface area is 185 Å². The summed E-state index contributed by atoms with van der Waals surface area (Å²) in [5, 5.41) is 29.9. The van der Waals surface area contributed by atoms with E-state index in [1.165, 1.54) is 6.08 Å². The summed E-state index contributed by atoms with van der Waals surface area (Å²) in [6.07, 6.45) is 20.3. The summed E-state index contributed by atoms with van der Waals surface area (Å²) in [7, 11) is 1.58. The Morgan fingerprint density at radius 1 is 0.968 bits per heavy atom. The van der Waals surface area contributed by atoms with Crippen LogP contribution in [0.5, 0.6) is 0 Å². The molecule has 0 aromatic rings. The molecule has 0 fully saturated rings. The minimum absolute atomic E-state index is 0.256. The van der Waals surface area contributed by atoms with Gasteiger partial charge in [0.1, 0.15) is 6.10 Å². The second kappa shape index (κ2) is 16.4. The number of esters is 1. The standard InChI is InChI=1S/C25H36O6/c1-20(26)17-24-15-11-7-4-6-10-14-23(30-2)19-22(28)18-21(27)13-9-5-3-8-12-16-25(29)31-24/h3-12,14,16,20-24,26-28H,13,15,17-19H2,1-2H3/b6-4+,8-3+,9-5+,11-7+,14-10?,16-12+. The minimum Gasteiger partial charge on any atom is -0.459 e. The van der Waals surface area contributed by atoms with Crippen molar-refractivity contribution in [3.05, 3.63) is 72.9 Å². The molecule has 172 valence electrons. The number of hydrogen-bond acceptors (Lipinski definition) is 6. The molecule has 0 bridgehead atoms. The zero-order valence-electron chi connectivity index (χ0n) is 18.4. The van der Waals surface area contributed by atoms with E-state index < -0.39 is 30.4 Å². The Bertz CT molecular complexity index is 671. The number of carbonyl (C=O) groups excluding carboxylic acids is 1. The molecule has 3 N–H and O–H groups in total. The zero-order valence-corrected chi connectivity index (χ0v) is 18.4. The fraction of sp³-hybridized carbons (Fsp3) is 0.480. The SMILES string of the molecule is COC1C=C/C=C/C=C/CC(CC(C)O)OC(=O)/C=C/C=C/C=C/CC(O)CC(O)C1. The first-order valence-corrected chi connectivity index (χ1v) is 10.7. The highest BCUT2D eigenvalue weighted by Gasteiger charge is 2.15. The van der Waals surface area contributed by atoms with Gasteiger partial charge in [0, 0.05) is 32.4 Å². The third kappa shape index (κ3) is 14.4. The van der Waals surface area contributed by atoms with Crippen molar-refractivity contribution >= 4 is 5.97 Å². The maximum atomic E-state index is 12.0. The Balaban J connectivity index is 2.87. The van der Waals surface area contributed by atoms with Gasteiger partial charge in [0.05, 0.1) is 24.4 Å². The normalized spacial score (nSPS) is 33.1. The number of hydrogen-bond donors (Lipinski definition) is 3. The number of ether oxygens (including phenoxy) is 2. The van der Waals surface area contributed by atoms with E-state index in [0.717, 1.165) is 0 Å². The molecule has 0 aromatic heterocycles. The molecule has 5 unspecified atom stereocenters. The van der Waals surface area contributed by atoms with E-state index >= 15 is 0 Å². The number of carbonyl (C=O) groups is 1. The maximum absolute atomic E-state index is 12.0. The van der Waals surface area contributed by atoms with Crippen molar-refractivity contribution in [2.45, 2.75) is 69.5 Å². The van der Waals surface area contributed by atoms with Crippen molar-refractivity contribution in [2.24, 2.45) is 0 Å². The molecular formula is C25H36O6. The van der Waals surface area contributed by atoms with Gasteiger partial charge in [-0.05, 0) is 19.8 Å². The Morgan fingerprint density at radius 3 is 2.29 bits per heavy atom. The highest BCUT2D eigenvalue weighted by molar-refractivity contribution is 5.82. The summed E-state index contributed by atoms with van der Waals surface area (Å²) in [5.74, 6) is -0.469. The molecule has 0 saturated carbocycles. The molecule has 31 heavy (non-hydrogen) atoms. The largest absolute Gasteiger partial charge is 0.459 e. The molecular weight excluding hydrogens is 396 g/mol. The lowest BCUT2D eigenvalue weighted by Crippen LogP contribution is -2.22. The van der Waals surface area contributed by atoms with Crippen molar-refractivity contribution in [3.63, 3.8) is 0 Å². The third-order valence-electron chi connectivity index (χ3n) is 4.54. The van der Waals surface area contributed by atoms with Crippen molar-refractivity contribution in [1.82, 2.24) is 0 Å². The number of rotatable bonds is 3. The fourth-order valence-corrected chi connectivity index (χ4v) is 3.01. The number of methoxy groups -OCH3 is 1. The van der Waals surface area contributed by atoms with Gasteiger partial charge in [-0.15, -0.1) is 0 Å². The quantitative estimate of drug-likeness (QED) is 0.592. The van der Waals surface area contributed by atoms with Gasteiger partial charge in [-0.2, -0.15) is 0 Å². The van der Waals surface area contributed by atoms with E-state index in [9.17, 15) is 20.1 Å². The van der Waals surface area contributed by atoms with Crippen LogP contribution in [-0.2, 0) is 14.3 Å². The van der Waals surface area contributed by atoms with E-state index in [1.807, 2.05) is 36.5 Å². The van der Waals surface area contributed by atoms with Gasteiger partial charge >= 0.3 is 5.97 Å². The molecule has 6 nitrogen and oxygen atoms in total. The van der Waals surface area contributed by atoms with Crippen molar-refractivity contribution < 1.29 is 29.6 Å². The van der Waals surface area contributed by atoms with Crippen molar-refractivity contribution in [3.8, 4) is 0 Å². The number of aliphatic hydroxyl groups excluding tert-OH is 3. The van der Waals surface area contributed by atoms with Crippen LogP contribution in [0.4, 0.5) is 0 Å². The number of allylic oxidation sites excluding steroid dienone is 8. The Hall–Kier alpha value is -2.25. The summed E-state index contributed by atoms with van der Waals surface area (Å²) in [6.45, 7) is 1.66. The van der Waals surface area contributed by atoms with Crippen molar-refractivity contribution in [1.29, 1.82) is 0 Å². The van der Waals surface area contributed by atoms with Gasteiger partial charge in [-0.1, -0.05) is 66.8 Å². The topological polar surface area (TPSA) is 96.2 Å². The Kier molecular flexibility index (Phi) is 14.2. The van der Waals surface area contributed by atoms with Gasteiger partial charge in [0.2, 0.25) is 0 Å². The molecule has 0 aromatic carbocycles. The first kappa shape index (κ1) is 26.8. The van der Waals surface area contributed by atoms with E-state index in [-0.39, 0.29) is 12.5 Å². The lowest BCUT2D eigenvalue weighted by Gasteiger charge is -2.18. The third-order valence-corrected chi connectivity index (χ3v) is 4.54. The molecule has 1 aliphatic rings. The van der Waals surface area contributed by atoms with Gasteiger partial charge in [-0.25, -0.2) is 4.79 Å². The predicted molar refractivity (Wildman–Crippen MR) is 122 cm³/mol. The van der Waals surface area contributed by atoms with Gasteiger partial charge < -0.3 is 24.8 Å². The molecule has 0 radical (unpaired) electrons. The van der Waals surface area contributed by atoms with Crippen LogP contribution in [0.25, 0.3) is 0 Å². The second-order valence-corrected chi connectivity index (χ2v) is 7.54. The molecule has 1 aliphatic heterocycles. The van der Waals surface area contributed by atoms with Crippen LogP contribution in [0.15, 0.2) is 72.9 Å². The highest BCUT2D eigenvalue weighted by Crippen LogP contribution is 2.12. The average molecular weight is 433 g/mol. The fourth-order valence-electron chi connectivity index (χ4n) is 3.01. The minimum atomic E-state index is -0.671. The van der Waals surface area contributed by atoms with Gasteiger partial charge in [0.15, 0.2) is 0 Å². The first-order chi connectivity index (χ1) is 14.9. The molecule has 1 heterocycles. The summed E-state index contributed by atoms with van der Waals surface area (Å²) in [4.78, 5) is 12.0. The van der Waals surface area contributed by atoms with Gasteiger partial charge in [0.25, 0.3) is 0 Å². The Morgan fingerprint density at radius 2 is 1.61 bits per heavy atom. The summed E-state index contributed by atoms with van der Waals surface area (Å²) in [5.41, 5.74) is 0. The van der Waals surface area contributed by atoms with Crippen LogP contribution < -0.4 is 0 Å². The molecule has 0 spiro atoms. The highest BCUT2D eigenvalue weighted by atomic mass is 16.5. The molecule has 6 heteroatoms. The van der Waals surface area contributed by atoms with Crippen LogP contribution in [0, 0.1) is 0 Å². The van der Waals surface area contributed by atoms with Crippen LogP contribution in [0.1, 0.15) is 39.0 Å². The molecule has 0 saturated heterocycles. The molecule has 0 amide bonds. The van der Waals surface area contributed by atoms with Crippen LogP contribution >= 0.6 is 0 Å². The first-order valence-electron chi connectivity index (χ1n) is 10.7. The maximum Gasteiger partial charge on any atom is 0.331 e. The monoisotopic (exact) mass is 432 g/mol. The average Bonchev–Trinajstić information content (AvgIpc) is 2.70. The van der Waals surface area contributed by atoms with Gasteiger partial charge in [-0.3, -0.25) is 0 Å². The number of aliphatic hydroxyl groups is 3. The molecule has 1 rings (SSSR count). The second-order valence-electron chi connectivity index (χ2n) is 7.54. The number of cyclic esters (lactones) is 1. The van der Waals surface area contributed by atoms with E-state index in [0.29, 0.717) is 25.7 Å². The van der Waals surface area contributed by atoms with Crippen LogP contribution in [-0.4, -0.2) is 58.9 Å². The summed E-state index contributed by atoms with van der Waals surface area (Å²) < 4.78 is 10.8. The van der Waals surface area contributed by atoms with Crippen LogP contribution in [0.2, 0.25) is 0 Å². The smallest absolute Gasteiger partial charge is 0.331 e.